The van der Waals surface area contributed by atoms with E-state index in [0.29, 0.717) is 60.6 Å². The largest absolute Gasteiger partial charge is 0.496 e. The van der Waals surface area contributed by atoms with Crippen LogP contribution in [-0.4, -0.2) is 50.5 Å². The second-order valence-corrected chi connectivity index (χ2v) is 13.5. The number of fused-ring (bicyclic) bond motifs is 2. The number of likely N-dealkylation sites (N-methyl/N-ethyl adjacent to an activating group) is 1. The molecule has 3 heterocycles. The molecule has 13 heteroatoms. The molecule has 3 aromatic carbocycles. The van der Waals surface area contributed by atoms with Gasteiger partial charge in [-0.1, -0.05) is 47.7 Å². The molecule has 1 atom stereocenters. The lowest BCUT2D eigenvalue weighted by Gasteiger charge is -2.30. The summed E-state index contributed by atoms with van der Waals surface area (Å²) in [7, 11) is 1.57. The first kappa shape index (κ1) is 33.7. The molecule has 0 spiro atoms. The highest BCUT2D eigenvalue weighted by Gasteiger charge is 2.36. The summed E-state index contributed by atoms with van der Waals surface area (Å²) in [6.07, 6.45) is 1.63. The number of thiazole rings is 1. The van der Waals surface area contributed by atoms with Gasteiger partial charge < -0.3 is 9.64 Å². The van der Waals surface area contributed by atoms with Crippen LogP contribution < -0.4 is 19.6 Å². The molecule has 1 aliphatic rings. The average molecular weight is 695 g/mol. The number of nitrogens with zero attached hydrogens (tertiary/aromatic N) is 6. The molecule has 0 aliphatic carbocycles. The van der Waals surface area contributed by atoms with E-state index in [-0.39, 0.29) is 17.2 Å². The van der Waals surface area contributed by atoms with E-state index in [0.717, 1.165) is 33.9 Å². The Hall–Kier alpha value is -5.14. The van der Waals surface area contributed by atoms with Crippen molar-refractivity contribution < 1.29 is 14.5 Å². The molecule has 0 fully saturated rings. The first-order valence-corrected chi connectivity index (χ1v) is 17.3. The first-order chi connectivity index (χ1) is 23.5. The second-order valence-electron chi connectivity index (χ2n) is 11.5. The Morgan fingerprint density at radius 3 is 2.45 bits per heavy atom. The van der Waals surface area contributed by atoms with E-state index in [4.69, 9.17) is 9.73 Å². The van der Waals surface area contributed by atoms with Gasteiger partial charge in [0.15, 0.2) is 9.96 Å². The van der Waals surface area contributed by atoms with Gasteiger partial charge in [0.25, 0.3) is 17.2 Å². The Labute approximate surface area is 290 Å². The minimum absolute atomic E-state index is 0.129. The molecule has 1 aliphatic heterocycles. The normalized spacial score (nSPS) is 14.5. The van der Waals surface area contributed by atoms with Gasteiger partial charge in [0.2, 0.25) is 0 Å². The van der Waals surface area contributed by atoms with Crippen LogP contribution in [0.2, 0.25) is 0 Å². The summed E-state index contributed by atoms with van der Waals surface area (Å²) in [5, 5.41) is 14.4. The summed E-state index contributed by atoms with van der Waals surface area (Å²) in [6, 6.07) is 17.4. The molecule has 2 aromatic heterocycles. The lowest BCUT2D eigenvalue weighted by atomic mass is 9.90. The van der Waals surface area contributed by atoms with E-state index in [2.05, 4.69) is 9.97 Å². The quantitative estimate of drug-likeness (QED) is 0.109. The van der Waals surface area contributed by atoms with Crippen LogP contribution in [0.25, 0.3) is 16.8 Å². The van der Waals surface area contributed by atoms with Crippen molar-refractivity contribution in [2.24, 2.45) is 4.99 Å². The lowest BCUT2D eigenvalue weighted by molar-refractivity contribution is -0.387. The van der Waals surface area contributed by atoms with Crippen LogP contribution in [0.3, 0.4) is 0 Å². The molecule has 0 N–H and O–H groups in total. The van der Waals surface area contributed by atoms with E-state index in [1.165, 1.54) is 17.4 Å². The highest BCUT2D eigenvalue weighted by atomic mass is 32.2. The maximum atomic E-state index is 14.5. The van der Waals surface area contributed by atoms with E-state index < -0.39 is 11.0 Å². The molecule has 5 aromatic rings. The topological polar surface area (TPSA) is 133 Å². The van der Waals surface area contributed by atoms with Crippen molar-refractivity contribution in [1.29, 1.82) is 0 Å². The summed E-state index contributed by atoms with van der Waals surface area (Å²) < 4.78 is 7.75. The molecule has 49 heavy (non-hydrogen) atoms. The zero-order chi connectivity index (χ0) is 35.0. The van der Waals surface area contributed by atoms with Crippen LogP contribution in [0.15, 0.2) is 91.8 Å². The zero-order valence-electron chi connectivity index (χ0n) is 27.9. The highest BCUT2D eigenvalue weighted by Crippen LogP contribution is 2.40. The fraction of sp³-hybridized carbons (Fsp3) is 0.250. The molecule has 0 radical (unpaired) electrons. The number of hydrogen-bond donors (Lipinski definition) is 0. The number of benzene rings is 3. The van der Waals surface area contributed by atoms with Crippen molar-refractivity contribution in [2.75, 3.05) is 20.2 Å². The Morgan fingerprint density at radius 1 is 1.06 bits per heavy atom. The van der Waals surface area contributed by atoms with Crippen LogP contribution in [0, 0.1) is 24.0 Å². The molecule has 6 rings (SSSR count). The van der Waals surface area contributed by atoms with E-state index in [9.17, 15) is 19.7 Å². The minimum Gasteiger partial charge on any atom is -0.496 e. The SMILES string of the molecule is CCN(CC)C(=O)C1=C(C)N=c2s/c(=C\c3ccc(Sc4nc(C)cc(C)n4)c([N+](=O)[O-])c3)c(=O)n2[C@@H]1c1c(OC)ccc2ccccc12. The smallest absolute Gasteiger partial charge is 0.283 e. The Balaban J connectivity index is 1.54. The van der Waals surface area contributed by atoms with Gasteiger partial charge in [-0.25, -0.2) is 15.0 Å². The third-order valence-corrected chi connectivity index (χ3v) is 10.3. The van der Waals surface area contributed by atoms with E-state index >= 15 is 0 Å². The van der Waals surface area contributed by atoms with Gasteiger partial charge in [-0.05, 0) is 87.0 Å². The van der Waals surface area contributed by atoms with Crippen molar-refractivity contribution in [2.45, 2.75) is 50.7 Å². The predicted molar refractivity (Wildman–Crippen MR) is 191 cm³/mol. The molecular weight excluding hydrogens is 661 g/mol. The zero-order valence-corrected chi connectivity index (χ0v) is 29.5. The van der Waals surface area contributed by atoms with Crippen molar-refractivity contribution in [3.63, 3.8) is 0 Å². The molecule has 0 saturated carbocycles. The number of hydrogen-bond acceptors (Lipinski definition) is 10. The van der Waals surface area contributed by atoms with E-state index in [1.807, 2.05) is 70.2 Å². The standard InChI is InChI=1S/C36H34N6O5S2/c1-7-40(8-2)34(44)30-22(5)39-36-41(32(30)31-25-12-10-9-11-24(25)14-15-27(31)47-6)33(43)29(49-36)19-23-13-16-28(26(18-23)42(45)46)48-35-37-20(3)17-21(4)38-35/h9-19,32H,7-8H2,1-6H3/b29-19-/t32-/m0/s1. The summed E-state index contributed by atoms with van der Waals surface area (Å²) >= 11 is 2.28. The van der Waals surface area contributed by atoms with Gasteiger partial charge in [0.05, 0.1) is 32.7 Å². The van der Waals surface area contributed by atoms with Crippen LogP contribution in [0.4, 0.5) is 5.69 Å². The molecule has 0 saturated heterocycles. The number of allylic oxidation sites excluding steroid dienone is 1. The maximum Gasteiger partial charge on any atom is 0.283 e. The van der Waals surface area contributed by atoms with Crippen LogP contribution >= 0.6 is 23.1 Å². The third-order valence-electron chi connectivity index (χ3n) is 8.37. The van der Waals surface area contributed by atoms with Crippen molar-refractivity contribution >= 4 is 51.5 Å². The van der Waals surface area contributed by atoms with Gasteiger partial charge in [-0.3, -0.25) is 24.3 Å². The third kappa shape index (κ3) is 6.39. The van der Waals surface area contributed by atoms with Crippen LogP contribution in [0.1, 0.15) is 49.3 Å². The Morgan fingerprint density at radius 2 is 1.78 bits per heavy atom. The van der Waals surface area contributed by atoms with Gasteiger partial charge in [-0.2, -0.15) is 0 Å². The number of nitro groups is 1. The van der Waals surface area contributed by atoms with Crippen LogP contribution in [0.5, 0.6) is 5.75 Å². The number of ether oxygens (including phenoxy) is 1. The van der Waals surface area contributed by atoms with Gasteiger partial charge in [0, 0.05) is 36.1 Å². The number of carbonyl (C=O) groups excluding carboxylic acids is 1. The number of nitro benzene ring substituents is 1. The molecular formula is C36H34N6O5S2. The molecule has 11 nitrogen and oxygen atoms in total. The Kier molecular flexibility index (Phi) is 9.48. The van der Waals surface area contributed by atoms with E-state index in [1.54, 1.807) is 41.7 Å². The lowest BCUT2D eigenvalue weighted by Crippen LogP contribution is -2.43. The van der Waals surface area contributed by atoms with Gasteiger partial charge >= 0.3 is 0 Å². The van der Waals surface area contributed by atoms with Crippen molar-refractivity contribution in [1.82, 2.24) is 19.4 Å². The summed E-state index contributed by atoms with van der Waals surface area (Å²) in [5.41, 5.74) is 3.09. The summed E-state index contributed by atoms with van der Waals surface area (Å²) in [5.74, 6) is 0.325. The fourth-order valence-corrected chi connectivity index (χ4v) is 8.12. The van der Waals surface area contributed by atoms with Gasteiger partial charge in [-0.15, -0.1) is 0 Å². The maximum absolute atomic E-state index is 14.5. The molecule has 1 amide bonds. The number of aromatic nitrogens is 3. The minimum atomic E-state index is -0.835. The summed E-state index contributed by atoms with van der Waals surface area (Å²) in [4.78, 5) is 56.5. The number of methoxy groups -OCH3 is 1. The van der Waals surface area contributed by atoms with Crippen molar-refractivity contribution in [3.05, 3.63) is 124 Å². The number of rotatable bonds is 9. The second kappa shape index (κ2) is 13.8. The van der Waals surface area contributed by atoms with Crippen LogP contribution in [-0.2, 0) is 4.79 Å². The van der Waals surface area contributed by atoms with Crippen molar-refractivity contribution in [3.8, 4) is 5.75 Å². The fourth-order valence-electron chi connectivity index (χ4n) is 6.13. The number of aryl methyl sites for hydroxylation is 2. The predicted octanol–water partition coefficient (Wildman–Crippen LogP) is 5.73. The Bertz CT molecular complexity index is 2340. The number of amides is 1. The monoisotopic (exact) mass is 694 g/mol. The molecule has 0 bridgehead atoms. The summed E-state index contributed by atoms with van der Waals surface area (Å²) in [6.45, 7) is 10.3. The van der Waals surface area contributed by atoms with Gasteiger partial charge in [0.1, 0.15) is 11.8 Å². The first-order valence-electron chi connectivity index (χ1n) is 15.7. The molecule has 250 valence electrons. The molecule has 0 unspecified atom stereocenters. The highest BCUT2D eigenvalue weighted by molar-refractivity contribution is 7.99. The average Bonchev–Trinajstić information content (AvgIpc) is 3.37. The number of carbonyl (C=O) groups is 1.